The predicted octanol–water partition coefficient (Wildman–Crippen LogP) is 3.48. The molecule has 3 heterocycles. The molecule has 0 radical (unpaired) electrons. The molecule has 0 saturated carbocycles. The van der Waals surface area contributed by atoms with Crippen LogP contribution in [0.3, 0.4) is 0 Å². The molecule has 11 heteroatoms. The molecule has 1 aromatic carbocycles. The molecule has 1 amide bonds. The number of hydrogen-bond donors (Lipinski definition) is 1. The summed E-state index contributed by atoms with van der Waals surface area (Å²) in [5, 5.41) is 0. The van der Waals surface area contributed by atoms with Crippen LogP contribution < -0.4 is 15.5 Å². The van der Waals surface area contributed by atoms with E-state index in [1.807, 2.05) is 19.1 Å². The summed E-state index contributed by atoms with van der Waals surface area (Å²) in [5.74, 6) is -0.0368. The lowest BCUT2D eigenvalue weighted by Gasteiger charge is -2.22. The fourth-order valence-corrected chi connectivity index (χ4v) is 3.83. The summed E-state index contributed by atoms with van der Waals surface area (Å²) in [5.41, 5.74) is 7.47. The summed E-state index contributed by atoms with van der Waals surface area (Å²) >= 11 is 0. The Morgan fingerprint density at radius 1 is 1.15 bits per heavy atom. The molecule has 33 heavy (non-hydrogen) atoms. The van der Waals surface area contributed by atoms with Crippen LogP contribution in [0.4, 0.5) is 30.8 Å². The van der Waals surface area contributed by atoms with Gasteiger partial charge in [0.25, 0.3) is 0 Å². The van der Waals surface area contributed by atoms with E-state index in [0.29, 0.717) is 24.6 Å². The highest BCUT2D eigenvalue weighted by Gasteiger charge is 2.33. The number of halogens is 3. The minimum atomic E-state index is -4.56. The largest absolute Gasteiger partial charge is 0.433 e. The number of amides is 1. The van der Waals surface area contributed by atoms with Crippen molar-refractivity contribution in [2.45, 2.75) is 32.0 Å². The van der Waals surface area contributed by atoms with Crippen LogP contribution in [0.1, 0.15) is 24.1 Å². The highest BCUT2D eigenvalue weighted by Crippen LogP contribution is 2.32. The van der Waals surface area contributed by atoms with Gasteiger partial charge in [0.1, 0.15) is 11.7 Å². The lowest BCUT2D eigenvalue weighted by atomic mass is 10.0. The summed E-state index contributed by atoms with van der Waals surface area (Å²) in [6, 6.07) is 5.97. The number of alkyl halides is 3. The third kappa shape index (κ3) is 4.71. The van der Waals surface area contributed by atoms with Gasteiger partial charge in [0, 0.05) is 43.4 Å². The van der Waals surface area contributed by atoms with Crippen LogP contribution in [0.15, 0.2) is 42.9 Å². The third-order valence-corrected chi connectivity index (χ3v) is 5.49. The minimum absolute atomic E-state index is 0.0699. The van der Waals surface area contributed by atoms with Gasteiger partial charge < -0.3 is 15.5 Å². The van der Waals surface area contributed by atoms with Crippen molar-refractivity contribution in [2.75, 3.05) is 23.4 Å². The first kappa shape index (κ1) is 22.4. The molecular formula is C22H22F3N7O. The second kappa shape index (κ2) is 8.64. The number of primary amides is 1. The Kier molecular flexibility index (Phi) is 5.88. The van der Waals surface area contributed by atoms with Gasteiger partial charge in [0.2, 0.25) is 17.8 Å². The van der Waals surface area contributed by atoms with E-state index in [-0.39, 0.29) is 5.95 Å². The summed E-state index contributed by atoms with van der Waals surface area (Å²) in [7, 11) is 1.60. The molecule has 172 valence electrons. The standard InChI is InChI=1S/C22H22F3N7O/c1-13-8-14(15-11-28-20(29-12-15)32-7-3-4-17(32)19(26)33)10-16(9-13)31(2)21-27-6-5-18(30-21)22(23,24)25/h5-6,8-12,17H,3-4,7H2,1-2H3,(H2,26,33)/t17-/m0/s1. The maximum atomic E-state index is 13.0. The van der Waals surface area contributed by atoms with E-state index in [2.05, 4.69) is 19.9 Å². The SMILES string of the molecule is Cc1cc(-c2cnc(N3CCC[C@H]3C(N)=O)nc2)cc(N(C)c2nccc(C(F)(F)F)n2)c1. The Morgan fingerprint density at radius 2 is 1.88 bits per heavy atom. The molecule has 3 aromatic rings. The topological polar surface area (TPSA) is 101 Å². The number of rotatable bonds is 5. The molecule has 0 unspecified atom stereocenters. The van der Waals surface area contributed by atoms with E-state index in [1.165, 1.54) is 4.90 Å². The van der Waals surface area contributed by atoms with Gasteiger partial charge in [-0.3, -0.25) is 4.79 Å². The highest BCUT2D eigenvalue weighted by atomic mass is 19.4. The molecular weight excluding hydrogens is 435 g/mol. The molecule has 0 bridgehead atoms. The van der Waals surface area contributed by atoms with Gasteiger partial charge in [0.15, 0.2) is 0 Å². The normalized spacial score (nSPS) is 16.2. The van der Waals surface area contributed by atoms with Crippen LogP contribution in [0.25, 0.3) is 11.1 Å². The van der Waals surface area contributed by atoms with Crippen LogP contribution in [0.2, 0.25) is 0 Å². The van der Waals surface area contributed by atoms with Gasteiger partial charge >= 0.3 is 6.18 Å². The lowest BCUT2D eigenvalue weighted by Crippen LogP contribution is -2.41. The Bertz CT molecular complexity index is 1170. The zero-order valence-electron chi connectivity index (χ0n) is 18.0. The summed E-state index contributed by atoms with van der Waals surface area (Å²) < 4.78 is 39.1. The van der Waals surface area contributed by atoms with Crippen molar-refractivity contribution in [1.29, 1.82) is 0 Å². The monoisotopic (exact) mass is 457 g/mol. The van der Waals surface area contributed by atoms with Gasteiger partial charge in [-0.2, -0.15) is 13.2 Å². The Morgan fingerprint density at radius 3 is 2.55 bits per heavy atom. The number of aryl methyl sites for hydroxylation is 1. The molecule has 2 aromatic heterocycles. The molecule has 1 aliphatic rings. The number of nitrogens with zero attached hydrogens (tertiary/aromatic N) is 6. The summed E-state index contributed by atoms with van der Waals surface area (Å²) in [6.45, 7) is 2.54. The van der Waals surface area contributed by atoms with Crippen molar-refractivity contribution < 1.29 is 18.0 Å². The van der Waals surface area contributed by atoms with Gasteiger partial charge in [-0.25, -0.2) is 19.9 Å². The molecule has 4 rings (SSSR count). The first-order valence-corrected chi connectivity index (χ1v) is 10.3. The number of benzene rings is 1. The van der Waals surface area contributed by atoms with Crippen molar-refractivity contribution in [3.05, 3.63) is 54.1 Å². The van der Waals surface area contributed by atoms with E-state index in [0.717, 1.165) is 35.4 Å². The highest BCUT2D eigenvalue weighted by molar-refractivity contribution is 5.83. The van der Waals surface area contributed by atoms with Crippen LogP contribution >= 0.6 is 0 Å². The first-order chi connectivity index (χ1) is 15.6. The number of carbonyl (C=O) groups is 1. The third-order valence-electron chi connectivity index (χ3n) is 5.49. The average molecular weight is 457 g/mol. The second-order valence-electron chi connectivity index (χ2n) is 7.88. The molecule has 0 spiro atoms. The summed E-state index contributed by atoms with van der Waals surface area (Å²) in [4.78, 5) is 31.4. The Balaban J connectivity index is 1.62. The summed E-state index contributed by atoms with van der Waals surface area (Å²) in [6.07, 6.45) is 1.34. The van der Waals surface area contributed by atoms with Crippen molar-refractivity contribution in [3.8, 4) is 11.1 Å². The number of hydrogen-bond acceptors (Lipinski definition) is 7. The lowest BCUT2D eigenvalue weighted by molar-refractivity contribution is -0.141. The van der Waals surface area contributed by atoms with Crippen LogP contribution in [-0.4, -0.2) is 45.5 Å². The molecule has 1 saturated heterocycles. The number of nitrogens with two attached hydrogens (primary N) is 1. The molecule has 8 nitrogen and oxygen atoms in total. The molecule has 2 N–H and O–H groups in total. The van der Waals surface area contributed by atoms with Crippen LogP contribution in [0, 0.1) is 6.92 Å². The first-order valence-electron chi connectivity index (χ1n) is 10.3. The van der Waals surface area contributed by atoms with E-state index in [4.69, 9.17) is 5.73 Å². The van der Waals surface area contributed by atoms with Crippen molar-refractivity contribution in [2.24, 2.45) is 5.73 Å². The quantitative estimate of drug-likeness (QED) is 0.626. The molecule has 1 aliphatic heterocycles. The van der Waals surface area contributed by atoms with E-state index in [9.17, 15) is 18.0 Å². The number of carbonyl (C=O) groups excluding carboxylic acids is 1. The molecule has 1 atom stereocenters. The van der Waals surface area contributed by atoms with E-state index in [1.54, 1.807) is 30.4 Å². The Hall–Kier alpha value is -3.76. The maximum Gasteiger partial charge on any atom is 0.433 e. The van der Waals surface area contributed by atoms with Gasteiger partial charge in [-0.05, 0) is 49.1 Å². The second-order valence-corrected chi connectivity index (χ2v) is 7.88. The maximum absolute atomic E-state index is 13.0. The van der Waals surface area contributed by atoms with Gasteiger partial charge in [0.05, 0.1) is 0 Å². The number of anilines is 3. The van der Waals surface area contributed by atoms with E-state index < -0.39 is 23.8 Å². The molecule has 1 fully saturated rings. The zero-order chi connectivity index (χ0) is 23.8. The van der Waals surface area contributed by atoms with Crippen molar-refractivity contribution in [1.82, 2.24) is 19.9 Å². The average Bonchev–Trinajstić information content (AvgIpc) is 3.28. The fraction of sp³-hybridized carbons (Fsp3) is 0.318. The van der Waals surface area contributed by atoms with Gasteiger partial charge in [-0.1, -0.05) is 6.07 Å². The minimum Gasteiger partial charge on any atom is -0.368 e. The van der Waals surface area contributed by atoms with Crippen LogP contribution in [-0.2, 0) is 11.0 Å². The van der Waals surface area contributed by atoms with Crippen molar-refractivity contribution >= 4 is 23.5 Å². The number of aromatic nitrogens is 4. The Labute approximate surface area is 188 Å². The van der Waals surface area contributed by atoms with Crippen molar-refractivity contribution in [3.63, 3.8) is 0 Å². The zero-order valence-corrected chi connectivity index (χ0v) is 18.0. The fourth-order valence-electron chi connectivity index (χ4n) is 3.83. The van der Waals surface area contributed by atoms with Crippen LogP contribution in [0.5, 0.6) is 0 Å². The van der Waals surface area contributed by atoms with Gasteiger partial charge in [-0.15, -0.1) is 0 Å². The predicted molar refractivity (Wildman–Crippen MR) is 117 cm³/mol. The smallest absolute Gasteiger partial charge is 0.368 e. The molecule has 0 aliphatic carbocycles. The van der Waals surface area contributed by atoms with E-state index >= 15 is 0 Å².